The molecule has 0 saturated heterocycles. The summed E-state index contributed by atoms with van der Waals surface area (Å²) in [5.41, 5.74) is -1.75. The van der Waals surface area contributed by atoms with E-state index in [2.05, 4.69) is 14.9 Å². The second-order valence-electron chi connectivity index (χ2n) is 8.23. The summed E-state index contributed by atoms with van der Waals surface area (Å²) in [6.45, 7) is 1.92. The van der Waals surface area contributed by atoms with Crippen LogP contribution in [0.3, 0.4) is 0 Å². The molecule has 3 aromatic rings. The molecule has 1 aromatic carbocycles. The molecule has 0 atom stereocenters. The van der Waals surface area contributed by atoms with Crippen LogP contribution in [0.25, 0.3) is 0 Å². The molecule has 0 radical (unpaired) electrons. The van der Waals surface area contributed by atoms with E-state index < -0.39 is 36.4 Å². The van der Waals surface area contributed by atoms with Gasteiger partial charge in [-0.2, -0.15) is 0 Å². The molecule has 0 aliphatic carbocycles. The van der Waals surface area contributed by atoms with Gasteiger partial charge in [0.25, 0.3) is 0 Å². The Labute approximate surface area is 223 Å². The van der Waals surface area contributed by atoms with Gasteiger partial charge in [0, 0.05) is 24.5 Å². The highest BCUT2D eigenvalue weighted by atomic mass is 16.5. The van der Waals surface area contributed by atoms with E-state index >= 15 is 0 Å². The number of aliphatic hydroxyl groups is 1. The van der Waals surface area contributed by atoms with Crippen LogP contribution in [0, 0.1) is 0 Å². The lowest BCUT2D eigenvalue weighted by Crippen LogP contribution is -2.42. The number of benzene rings is 1. The van der Waals surface area contributed by atoms with E-state index in [4.69, 9.17) is 39.1 Å². The van der Waals surface area contributed by atoms with Crippen LogP contribution >= 0.6 is 0 Å². The van der Waals surface area contributed by atoms with Gasteiger partial charge in [-0.1, -0.05) is 6.07 Å². The average Bonchev–Trinajstić information content (AvgIpc) is 3.57. The maximum absolute atomic E-state index is 10.3. The summed E-state index contributed by atoms with van der Waals surface area (Å²) >= 11 is 0. The van der Waals surface area contributed by atoms with Gasteiger partial charge in [0.15, 0.2) is 17.1 Å². The zero-order valence-electron chi connectivity index (χ0n) is 21.6. The molecule has 3 rings (SSSR count). The highest BCUT2D eigenvalue weighted by molar-refractivity contribution is 5.88. The second-order valence-corrected chi connectivity index (χ2v) is 8.23. The van der Waals surface area contributed by atoms with Crippen molar-refractivity contribution >= 4 is 17.9 Å². The van der Waals surface area contributed by atoms with Gasteiger partial charge in [-0.05, 0) is 18.2 Å². The molecule has 2 heterocycles. The highest BCUT2D eigenvalue weighted by Gasteiger charge is 2.40. The lowest BCUT2D eigenvalue weighted by atomic mass is 9.96. The maximum Gasteiger partial charge on any atom is 0.336 e. The number of nitrogens with one attached hydrogen (secondary N) is 1. The van der Waals surface area contributed by atoms with Crippen LogP contribution in [0.15, 0.2) is 47.3 Å². The van der Waals surface area contributed by atoms with Crippen molar-refractivity contribution in [2.75, 3.05) is 21.3 Å². The molecular weight excluding hydrogens is 518 g/mol. The molecule has 0 aliphatic rings. The Bertz CT molecular complexity index is 1160. The first kappa shape index (κ1) is 30.7. The standard InChI is InChI=1S/C19H23N3O4.C6H8O7/c1-23-16-7-6-14(18(24-2)19(16)25-3)11-22(12-15-5-4-10-26-15)13-17-20-8-9-21-17;7-3(8)1-6(13,5(11)12)2-4(9)10/h4-10H,11-13H2,1-3H3,(H,20,21);13H,1-2H2,(H,7,8)(H,9,10)(H,11,12). The van der Waals surface area contributed by atoms with Crippen molar-refractivity contribution in [3.63, 3.8) is 0 Å². The van der Waals surface area contributed by atoms with Crippen molar-refractivity contribution in [1.82, 2.24) is 14.9 Å². The first-order chi connectivity index (χ1) is 18.5. The second kappa shape index (κ2) is 14.4. The number of furan rings is 1. The molecule has 39 heavy (non-hydrogen) atoms. The SMILES string of the molecule is COc1ccc(CN(Cc2ncc[nH]2)Cc2ccco2)c(OC)c1OC.O=C(O)CC(O)(CC(=O)O)C(=O)O. The van der Waals surface area contributed by atoms with Gasteiger partial charge >= 0.3 is 17.9 Å². The molecule has 0 aliphatic heterocycles. The molecule has 5 N–H and O–H groups in total. The van der Waals surface area contributed by atoms with Crippen molar-refractivity contribution in [3.8, 4) is 17.2 Å². The van der Waals surface area contributed by atoms with E-state index in [1.165, 1.54) is 0 Å². The van der Waals surface area contributed by atoms with Crippen LogP contribution in [-0.2, 0) is 34.0 Å². The fourth-order valence-electron chi connectivity index (χ4n) is 3.63. The Balaban J connectivity index is 0.000000349. The molecule has 0 bridgehead atoms. The molecule has 0 amide bonds. The molecule has 0 saturated carbocycles. The van der Waals surface area contributed by atoms with E-state index in [1.807, 2.05) is 30.5 Å². The molecular formula is C25H31N3O11. The summed E-state index contributed by atoms with van der Waals surface area (Å²) in [4.78, 5) is 40.2. The Morgan fingerprint density at radius 1 is 0.949 bits per heavy atom. The topological polar surface area (TPSA) is 205 Å². The van der Waals surface area contributed by atoms with Gasteiger partial charge in [0.05, 0.1) is 53.5 Å². The van der Waals surface area contributed by atoms with Gasteiger partial charge in [-0.15, -0.1) is 0 Å². The molecule has 212 valence electrons. The first-order valence-corrected chi connectivity index (χ1v) is 11.4. The van der Waals surface area contributed by atoms with E-state index in [0.29, 0.717) is 36.9 Å². The number of hydrogen-bond donors (Lipinski definition) is 5. The normalized spacial score (nSPS) is 10.9. The lowest BCUT2D eigenvalue weighted by Gasteiger charge is -2.23. The van der Waals surface area contributed by atoms with Crippen molar-refractivity contribution in [3.05, 3.63) is 60.1 Å². The van der Waals surface area contributed by atoms with Crippen molar-refractivity contribution < 1.29 is 53.4 Å². The number of carboxylic acid groups (broad SMARTS) is 3. The molecule has 0 fully saturated rings. The molecule has 14 nitrogen and oxygen atoms in total. The Hall–Kier alpha value is -4.56. The van der Waals surface area contributed by atoms with Crippen molar-refractivity contribution in [2.45, 2.75) is 38.1 Å². The smallest absolute Gasteiger partial charge is 0.336 e. The Morgan fingerprint density at radius 2 is 1.62 bits per heavy atom. The van der Waals surface area contributed by atoms with Crippen LogP contribution in [0.5, 0.6) is 17.2 Å². The minimum absolute atomic E-state index is 0.587. The van der Waals surface area contributed by atoms with Gasteiger partial charge in [0.2, 0.25) is 5.75 Å². The number of H-pyrrole nitrogens is 1. The molecule has 0 unspecified atom stereocenters. The van der Waals surface area contributed by atoms with Crippen LogP contribution in [0.4, 0.5) is 0 Å². The predicted molar refractivity (Wildman–Crippen MR) is 133 cm³/mol. The van der Waals surface area contributed by atoms with Crippen molar-refractivity contribution in [1.29, 1.82) is 0 Å². The number of imidazole rings is 1. The third-order valence-corrected chi connectivity index (χ3v) is 5.35. The van der Waals surface area contributed by atoms with E-state index in [9.17, 15) is 14.4 Å². The monoisotopic (exact) mass is 549 g/mol. The summed E-state index contributed by atoms with van der Waals surface area (Å²) < 4.78 is 22.0. The number of carbonyl (C=O) groups is 3. The van der Waals surface area contributed by atoms with Crippen LogP contribution in [0.1, 0.15) is 30.0 Å². The number of aliphatic carboxylic acids is 3. The summed E-state index contributed by atoms with van der Waals surface area (Å²) in [5.74, 6) is -1.36. The minimum atomic E-state index is -2.74. The zero-order valence-corrected chi connectivity index (χ0v) is 21.6. The predicted octanol–water partition coefficient (Wildman–Crippen LogP) is 1.98. The largest absolute Gasteiger partial charge is 0.493 e. The molecule has 0 spiro atoms. The number of nitrogens with zero attached hydrogens (tertiary/aromatic N) is 2. The number of aromatic amines is 1. The number of aromatic nitrogens is 2. The number of hydrogen-bond acceptors (Lipinski definition) is 10. The number of methoxy groups -OCH3 is 3. The lowest BCUT2D eigenvalue weighted by molar-refractivity contribution is -0.170. The number of carboxylic acids is 3. The maximum atomic E-state index is 10.3. The summed E-state index contributed by atoms with van der Waals surface area (Å²) in [7, 11) is 4.84. The number of rotatable bonds is 14. The van der Waals surface area contributed by atoms with E-state index in [1.54, 1.807) is 33.8 Å². The summed E-state index contributed by atoms with van der Waals surface area (Å²) in [6, 6.07) is 7.71. The van der Waals surface area contributed by atoms with Gasteiger partial charge in [-0.3, -0.25) is 14.5 Å². The van der Waals surface area contributed by atoms with E-state index in [0.717, 1.165) is 17.1 Å². The van der Waals surface area contributed by atoms with Crippen LogP contribution in [-0.4, -0.2) is 80.1 Å². The Kier molecular flexibility index (Phi) is 11.3. The number of ether oxygens (including phenoxy) is 3. The first-order valence-electron chi connectivity index (χ1n) is 11.4. The highest BCUT2D eigenvalue weighted by Crippen LogP contribution is 2.40. The third-order valence-electron chi connectivity index (χ3n) is 5.35. The van der Waals surface area contributed by atoms with Gasteiger partial charge in [0.1, 0.15) is 11.6 Å². The fourth-order valence-corrected chi connectivity index (χ4v) is 3.63. The van der Waals surface area contributed by atoms with Crippen molar-refractivity contribution in [2.24, 2.45) is 0 Å². The van der Waals surface area contributed by atoms with Crippen LogP contribution < -0.4 is 14.2 Å². The van der Waals surface area contributed by atoms with E-state index in [-0.39, 0.29) is 0 Å². The summed E-state index contributed by atoms with van der Waals surface area (Å²) in [5, 5.41) is 33.8. The third kappa shape index (κ3) is 9.05. The average molecular weight is 550 g/mol. The summed E-state index contributed by atoms with van der Waals surface area (Å²) in [6.07, 6.45) is 2.95. The molecule has 2 aromatic heterocycles. The minimum Gasteiger partial charge on any atom is -0.493 e. The molecule has 14 heteroatoms. The van der Waals surface area contributed by atoms with Gasteiger partial charge in [-0.25, -0.2) is 9.78 Å². The Morgan fingerprint density at radius 3 is 2.08 bits per heavy atom. The fraction of sp³-hybridized carbons (Fsp3) is 0.360. The quantitative estimate of drug-likeness (QED) is 0.195. The van der Waals surface area contributed by atoms with Crippen LogP contribution in [0.2, 0.25) is 0 Å². The zero-order chi connectivity index (χ0) is 29.0. The van der Waals surface area contributed by atoms with Gasteiger partial charge < -0.3 is 44.0 Å².